The van der Waals surface area contributed by atoms with Crippen molar-refractivity contribution < 1.29 is 0 Å². The molecule has 0 spiro atoms. The van der Waals surface area contributed by atoms with Gasteiger partial charge in [-0.3, -0.25) is 0 Å². The molecule has 1 rings (SSSR count). The average Bonchev–Trinajstić information content (AvgIpc) is 2.15. The van der Waals surface area contributed by atoms with Crippen molar-refractivity contribution in [3.05, 3.63) is 22.3 Å². The van der Waals surface area contributed by atoms with Crippen LogP contribution >= 0.6 is 15.9 Å². The van der Waals surface area contributed by atoms with Crippen molar-refractivity contribution in [1.82, 2.24) is 10.3 Å². The van der Waals surface area contributed by atoms with Gasteiger partial charge < -0.3 is 10.6 Å². The number of anilines is 1. The average molecular weight is 244 g/mol. The van der Waals surface area contributed by atoms with Crippen LogP contribution in [0.25, 0.3) is 0 Å². The highest BCUT2D eigenvalue weighted by Crippen LogP contribution is 2.17. The zero-order valence-corrected chi connectivity index (χ0v) is 9.48. The molecular weight excluding hydrogens is 230 g/mol. The Bertz CT molecular complexity index is 276. The summed E-state index contributed by atoms with van der Waals surface area (Å²) in [4.78, 5) is 4.25. The van der Waals surface area contributed by atoms with E-state index in [9.17, 15) is 0 Å². The third-order valence-electron chi connectivity index (χ3n) is 1.74. The molecule has 0 aliphatic heterocycles. The molecule has 0 saturated carbocycles. The minimum atomic E-state index is 0.846. The first-order valence-corrected chi connectivity index (χ1v) is 5.10. The van der Waals surface area contributed by atoms with Crippen LogP contribution < -0.4 is 10.6 Å². The van der Waals surface area contributed by atoms with E-state index in [2.05, 4.69) is 44.5 Å². The Morgan fingerprint density at radius 1 is 1.54 bits per heavy atom. The van der Waals surface area contributed by atoms with Crippen LogP contribution in [-0.2, 0) is 6.54 Å². The molecule has 1 heterocycles. The maximum absolute atomic E-state index is 4.25. The Labute approximate surface area is 87.1 Å². The van der Waals surface area contributed by atoms with Crippen LogP contribution in [0.1, 0.15) is 12.5 Å². The van der Waals surface area contributed by atoms with Crippen molar-refractivity contribution in [3.63, 3.8) is 0 Å². The minimum absolute atomic E-state index is 0.846. The lowest BCUT2D eigenvalue weighted by Gasteiger charge is -2.08. The van der Waals surface area contributed by atoms with Gasteiger partial charge in [-0.25, -0.2) is 4.98 Å². The summed E-state index contributed by atoms with van der Waals surface area (Å²) in [5.41, 5.74) is 1.18. The zero-order chi connectivity index (χ0) is 9.68. The molecule has 0 bridgehead atoms. The molecule has 13 heavy (non-hydrogen) atoms. The predicted molar refractivity (Wildman–Crippen MR) is 58.9 cm³/mol. The number of nitrogens with one attached hydrogen (secondary N) is 2. The molecule has 0 saturated heterocycles. The van der Waals surface area contributed by atoms with Crippen molar-refractivity contribution in [1.29, 1.82) is 0 Å². The van der Waals surface area contributed by atoms with Gasteiger partial charge in [-0.05, 0) is 28.5 Å². The van der Waals surface area contributed by atoms with E-state index >= 15 is 0 Å². The second-order valence-electron chi connectivity index (χ2n) is 2.69. The monoisotopic (exact) mass is 243 g/mol. The van der Waals surface area contributed by atoms with E-state index in [-0.39, 0.29) is 0 Å². The molecule has 4 heteroatoms. The molecule has 0 aromatic carbocycles. The van der Waals surface area contributed by atoms with E-state index in [1.54, 1.807) is 6.20 Å². The summed E-state index contributed by atoms with van der Waals surface area (Å²) < 4.78 is 1.01. The Morgan fingerprint density at radius 2 is 2.31 bits per heavy atom. The van der Waals surface area contributed by atoms with E-state index in [1.807, 2.05) is 7.05 Å². The summed E-state index contributed by atoms with van der Waals surface area (Å²) >= 11 is 3.40. The largest absolute Gasteiger partial charge is 0.373 e. The van der Waals surface area contributed by atoms with Crippen LogP contribution in [0, 0.1) is 0 Å². The van der Waals surface area contributed by atoms with Gasteiger partial charge in [0.1, 0.15) is 5.82 Å². The summed E-state index contributed by atoms with van der Waals surface area (Å²) in [7, 11) is 1.88. The van der Waals surface area contributed by atoms with E-state index in [4.69, 9.17) is 0 Å². The number of pyridine rings is 1. The van der Waals surface area contributed by atoms with Gasteiger partial charge >= 0.3 is 0 Å². The van der Waals surface area contributed by atoms with E-state index in [0.717, 1.165) is 23.4 Å². The third kappa shape index (κ3) is 2.97. The molecule has 0 unspecified atom stereocenters. The maximum Gasteiger partial charge on any atom is 0.130 e. The molecule has 3 nitrogen and oxygen atoms in total. The number of aromatic nitrogens is 1. The number of nitrogens with zero attached hydrogens (tertiary/aromatic N) is 1. The van der Waals surface area contributed by atoms with Gasteiger partial charge in [0.2, 0.25) is 0 Å². The Balaban J connectivity index is 2.81. The van der Waals surface area contributed by atoms with Crippen molar-refractivity contribution in [3.8, 4) is 0 Å². The lowest BCUT2D eigenvalue weighted by atomic mass is 10.2. The van der Waals surface area contributed by atoms with Gasteiger partial charge in [0, 0.05) is 29.8 Å². The molecule has 0 radical (unpaired) electrons. The van der Waals surface area contributed by atoms with Gasteiger partial charge in [0.05, 0.1) is 0 Å². The molecular formula is C9H14BrN3. The smallest absolute Gasteiger partial charge is 0.130 e. The van der Waals surface area contributed by atoms with Crippen LogP contribution in [0.4, 0.5) is 5.82 Å². The maximum atomic E-state index is 4.25. The summed E-state index contributed by atoms with van der Waals surface area (Å²) in [6, 6.07) is 2.07. The van der Waals surface area contributed by atoms with Crippen LogP contribution in [0.15, 0.2) is 16.7 Å². The van der Waals surface area contributed by atoms with Crippen molar-refractivity contribution in [2.24, 2.45) is 0 Å². The summed E-state index contributed by atoms with van der Waals surface area (Å²) in [6.45, 7) is 3.90. The van der Waals surface area contributed by atoms with Crippen LogP contribution in [0.2, 0.25) is 0 Å². The normalized spacial score (nSPS) is 10.1. The highest BCUT2D eigenvalue weighted by molar-refractivity contribution is 9.10. The molecule has 72 valence electrons. The van der Waals surface area contributed by atoms with Gasteiger partial charge in [-0.2, -0.15) is 0 Å². The van der Waals surface area contributed by atoms with Crippen LogP contribution in [0.3, 0.4) is 0 Å². The second kappa shape index (κ2) is 5.19. The standard InChI is InChI=1S/C9H14BrN3/c1-3-12-5-7-4-8(10)6-13-9(7)11-2/h4,6,12H,3,5H2,1-2H3,(H,11,13). The fourth-order valence-electron chi connectivity index (χ4n) is 1.10. The second-order valence-corrected chi connectivity index (χ2v) is 3.61. The summed E-state index contributed by atoms with van der Waals surface area (Å²) in [5.74, 6) is 0.934. The van der Waals surface area contributed by atoms with Crippen molar-refractivity contribution in [2.45, 2.75) is 13.5 Å². The fourth-order valence-corrected chi connectivity index (χ4v) is 1.48. The lowest BCUT2D eigenvalue weighted by molar-refractivity contribution is 0.725. The first-order valence-electron chi connectivity index (χ1n) is 4.30. The molecule has 0 fully saturated rings. The highest BCUT2D eigenvalue weighted by atomic mass is 79.9. The Kier molecular flexibility index (Phi) is 4.18. The SMILES string of the molecule is CCNCc1cc(Br)cnc1NC. The Morgan fingerprint density at radius 3 is 2.92 bits per heavy atom. The number of halogens is 1. The molecule has 0 amide bonds. The zero-order valence-electron chi connectivity index (χ0n) is 7.89. The first-order chi connectivity index (χ1) is 6.27. The van der Waals surface area contributed by atoms with Gasteiger partial charge in [0.25, 0.3) is 0 Å². The topological polar surface area (TPSA) is 37.0 Å². The molecule has 0 aliphatic carbocycles. The highest BCUT2D eigenvalue weighted by Gasteiger charge is 2.01. The van der Waals surface area contributed by atoms with E-state index < -0.39 is 0 Å². The molecule has 0 atom stereocenters. The van der Waals surface area contributed by atoms with Gasteiger partial charge in [-0.1, -0.05) is 6.92 Å². The first kappa shape index (κ1) is 10.5. The summed E-state index contributed by atoms with van der Waals surface area (Å²) in [5, 5.41) is 6.33. The van der Waals surface area contributed by atoms with Crippen molar-refractivity contribution in [2.75, 3.05) is 18.9 Å². The minimum Gasteiger partial charge on any atom is -0.373 e. The fraction of sp³-hybridized carbons (Fsp3) is 0.444. The van der Waals surface area contributed by atoms with E-state index in [1.165, 1.54) is 5.56 Å². The van der Waals surface area contributed by atoms with Crippen LogP contribution in [0.5, 0.6) is 0 Å². The third-order valence-corrected chi connectivity index (χ3v) is 2.17. The van der Waals surface area contributed by atoms with Gasteiger partial charge in [-0.15, -0.1) is 0 Å². The molecule has 0 aliphatic rings. The Hall–Kier alpha value is -0.610. The number of hydrogen-bond donors (Lipinski definition) is 2. The molecule has 2 N–H and O–H groups in total. The lowest BCUT2D eigenvalue weighted by Crippen LogP contribution is -2.13. The molecule has 1 aromatic rings. The summed E-state index contributed by atoms with van der Waals surface area (Å²) in [6.07, 6.45) is 1.79. The quantitative estimate of drug-likeness (QED) is 0.850. The van der Waals surface area contributed by atoms with Gasteiger partial charge in [0.15, 0.2) is 0 Å². The predicted octanol–water partition coefficient (Wildman–Crippen LogP) is 2.00. The number of hydrogen-bond acceptors (Lipinski definition) is 3. The molecule has 1 aromatic heterocycles. The van der Waals surface area contributed by atoms with Crippen LogP contribution in [-0.4, -0.2) is 18.6 Å². The van der Waals surface area contributed by atoms with Crippen molar-refractivity contribution >= 4 is 21.7 Å². The van der Waals surface area contributed by atoms with E-state index in [0.29, 0.717) is 0 Å². The number of rotatable bonds is 4.